The first-order valence-corrected chi connectivity index (χ1v) is 7.07. The number of carbonyl (C=O) groups is 1. The minimum atomic E-state index is -0.163. The van der Waals surface area contributed by atoms with E-state index in [1.54, 1.807) is 0 Å². The highest BCUT2D eigenvalue weighted by Gasteiger charge is 2.19. The molecule has 0 radical (unpaired) electrons. The van der Waals surface area contributed by atoms with Crippen molar-refractivity contribution in [3.8, 4) is 0 Å². The molecule has 0 N–H and O–H groups in total. The van der Waals surface area contributed by atoms with E-state index in [9.17, 15) is 4.79 Å². The van der Waals surface area contributed by atoms with Crippen molar-refractivity contribution in [1.82, 2.24) is 0 Å². The highest BCUT2D eigenvalue weighted by Crippen LogP contribution is 2.19. The molecule has 0 fully saturated rings. The molecule has 0 saturated carbocycles. The Bertz CT molecular complexity index is 346. The monoisotopic (exact) mass is 246 g/mol. The van der Waals surface area contributed by atoms with E-state index in [4.69, 9.17) is 0 Å². The van der Waals surface area contributed by atoms with Crippen LogP contribution in [0.4, 0.5) is 0 Å². The number of carbonyl (C=O) groups excluding carboxylic acids is 1. The van der Waals surface area contributed by atoms with Gasteiger partial charge >= 0.3 is 0 Å². The summed E-state index contributed by atoms with van der Waals surface area (Å²) in [6.07, 6.45) is 6.59. The number of benzene rings is 1. The molecule has 0 heterocycles. The molecule has 1 aromatic carbocycles. The lowest BCUT2D eigenvalue weighted by Crippen LogP contribution is -2.19. The number of ketones is 1. The van der Waals surface area contributed by atoms with Crippen LogP contribution in [0.5, 0.6) is 0 Å². The summed E-state index contributed by atoms with van der Waals surface area (Å²) in [7, 11) is 0. The van der Waals surface area contributed by atoms with Crippen LogP contribution in [0.1, 0.15) is 58.4 Å². The third kappa shape index (κ3) is 6.00. The average molecular weight is 246 g/mol. The first-order chi connectivity index (χ1) is 8.50. The molecule has 0 aromatic heterocycles. The molecule has 0 unspecified atom stereocenters. The van der Waals surface area contributed by atoms with Crippen LogP contribution in [0.15, 0.2) is 30.3 Å². The molecule has 1 rings (SSSR count). The van der Waals surface area contributed by atoms with Gasteiger partial charge in [0.25, 0.3) is 0 Å². The topological polar surface area (TPSA) is 17.1 Å². The highest BCUT2D eigenvalue weighted by molar-refractivity contribution is 5.83. The lowest BCUT2D eigenvalue weighted by atomic mass is 9.88. The minimum Gasteiger partial charge on any atom is -0.299 e. The van der Waals surface area contributed by atoms with E-state index in [0.29, 0.717) is 5.78 Å². The molecule has 0 saturated heterocycles. The van der Waals surface area contributed by atoms with Crippen molar-refractivity contribution in [1.29, 1.82) is 0 Å². The Morgan fingerprint density at radius 1 is 0.944 bits per heavy atom. The van der Waals surface area contributed by atoms with Crippen LogP contribution in [0.25, 0.3) is 0 Å². The molecule has 100 valence electrons. The molecule has 0 aliphatic heterocycles. The summed E-state index contributed by atoms with van der Waals surface area (Å²) < 4.78 is 0. The normalized spacial score (nSPS) is 11.5. The van der Waals surface area contributed by atoms with Crippen molar-refractivity contribution in [2.75, 3.05) is 0 Å². The van der Waals surface area contributed by atoms with Gasteiger partial charge in [0.05, 0.1) is 0 Å². The van der Waals surface area contributed by atoms with E-state index in [2.05, 4.69) is 30.3 Å². The van der Waals surface area contributed by atoms with Crippen molar-refractivity contribution in [2.24, 2.45) is 5.41 Å². The van der Waals surface area contributed by atoms with Crippen LogP contribution in [0.3, 0.4) is 0 Å². The van der Waals surface area contributed by atoms with Crippen LogP contribution in [-0.4, -0.2) is 5.78 Å². The quantitative estimate of drug-likeness (QED) is 0.632. The first-order valence-electron chi connectivity index (χ1n) is 7.07. The van der Waals surface area contributed by atoms with Gasteiger partial charge in [-0.05, 0) is 24.8 Å². The largest absolute Gasteiger partial charge is 0.299 e. The van der Waals surface area contributed by atoms with Crippen LogP contribution >= 0.6 is 0 Å². The van der Waals surface area contributed by atoms with Crippen LogP contribution < -0.4 is 0 Å². The second kappa shape index (κ2) is 7.35. The van der Waals surface area contributed by atoms with Gasteiger partial charge in [-0.3, -0.25) is 4.79 Å². The van der Waals surface area contributed by atoms with Crippen LogP contribution in [-0.2, 0) is 11.2 Å². The van der Waals surface area contributed by atoms with Gasteiger partial charge in [-0.25, -0.2) is 0 Å². The molecule has 0 amide bonds. The van der Waals surface area contributed by atoms with Gasteiger partial charge in [0.15, 0.2) is 0 Å². The number of Topliss-reactive ketones (excluding diaryl/α,β-unsaturated/α-hetero) is 1. The number of aryl methyl sites for hydroxylation is 1. The number of hydrogen-bond acceptors (Lipinski definition) is 1. The summed E-state index contributed by atoms with van der Waals surface area (Å²) in [6.45, 7) is 6.01. The molecule has 1 nitrogen and oxygen atoms in total. The Hall–Kier alpha value is -1.11. The summed E-state index contributed by atoms with van der Waals surface area (Å²) in [5, 5.41) is 0. The first kappa shape index (κ1) is 14.9. The zero-order valence-corrected chi connectivity index (χ0v) is 12.0. The fourth-order valence-corrected chi connectivity index (χ4v) is 1.99. The van der Waals surface area contributed by atoms with Crippen molar-refractivity contribution in [2.45, 2.75) is 59.3 Å². The highest BCUT2D eigenvalue weighted by atomic mass is 16.1. The van der Waals surface area contributed by atoms with Gasteiger partial charge in [0, 0.05) is 11.8 Å². The lowest BCUT2D eigenvalue weighted by molar-refractivity contribution is -0.126. The number of unbranched alkanes of at least 4 members (excludes halogenated alkanes) is 3. The molecule has 0 spiro atoms. The SMILES string of the molecule is CC(C)(C)C(=O)CCCCCCc1ccccc1. The molecular formula is C17H26O. The van der Waals surface area contributed by atoms with Crippen molar-refractivity contribution < 1.29 is 4.79 Å². The maximum absolute atomic E-state index is 11.7. The van der Waals surface area contributed by atoms with E-state index in [-0.39, 0.29) is 5.41 Å². The van der Waals surface area contributed by atoms with Gasteiger partial charge in [-0.15, -0.1) is 0 Å². The number of rotatable bonds is 7. The van der Waals surface area contributed by atoms with Crippen molar-refractivity contribution in [3.05, 3.63) is 35.9 Å². The van der Waals surface area contributed by atoms with E-state index in [0.717, 1.165) is 19.3 Å². The Labute approximate surface area is 112 Å². The Morgan fingerprint density at radius 2 is 1.56 bits per heavy atom. The summed E-state index contributed by atoms with van der Waals surface area (Å²) in [5.41, 5.74) is 1.26. The molecule has 18 heavy (non-hydrogen) atoms. The second-order valence-electron chi connectivity index (χ2n) is 6.07. The van der Waals surface area contributed by atoms with Gasteiger partial charge < -0.3 is 0 Å². The average Bonchev–Trinajstić information content (AvgIpc) is 2.33. The van der Waals surface area contributed by atoms with Gasteiger partial charge in [-0.1, -0.05) is 63.9 Å². The summed E-state index contributed by atoms with van der Waals surface area (Å²) in [5.74, 6) is 0.394. The molecule has 0 aliphatic rings. The van der Waals surface area contributed by atoms with Gasteiger partial charge in [0.1, 0.15) is 5.78 Å². The molecular weight excluding hydrogens is 220 g/mol. The van der Waals surface area contributed by atoms with Gasteiger partial charge in [0.2, 0.25) is 0 Å². The fraction of sp³-hybridized carbons (Fsp3) is 0.588. The van der Waals surface area contributed by atoms with Crippen molar-refractivity contribution >= 4 is 5.78 Å². The Kier molecular flexibility index (Phi) is 6.11. The zero-order valence-electron chi connectivity index (χ0n) is 12.0. The third-order valence-electron chi connectivity index (χ3n) is 3.30. The van der Waals surface area contributed by atoms with E-state index in [1.807, 2.05) is 20.8 Å². The standard InChI is InChI=1S/C17H26O/c1-17(2,3)16(18)14-10-5-4-7-11-15-12-8-6-9-13-15/h6,8-9,12-13H,4-5,7,10-11,14H2,1-3H3. The summed E-state index contributed by atoms with van der Waals surface area (Å²) >= 11 is 0. The van der Waals surface area contributed by atoms with Crippen molar-refractivity contribution in [3.63, 3.8) is 0 Å². The van der Waals surface area contributed by atoms with Crippen LogP contribution in [0.2, 0.25) is 0 Å². The smallest absolute Gasteiger partial charge is 0.138 e. The maximum Gasteiger partial charge on any atom is 0.138 e. The minimum absolute atomic E-state index is 0.163. The number of hydrogen-bond donors (Lipinski definition) is 0. The van der Waals surface area contributed by atoms with E-state index >= 15 is 0 Å². The predicted octanol–water partition coefficient (Wildman–Crippen LogP) is 4.79. The van der Waals surface area contributed by atoms with E-state index < -0.39 is 0 Å². The predicted molar refractivity (Wildman–Crippen MR) is 77.7 cm³/mol. The van der Waals surface area contributed by atoms with Crippen LogP contribution in [0, 0.1) is 5.41 Å². The fourth-order valence-electron chi connectivity index (χ4n) is 1.99. The Morgan fingerprint density at radius 3 is 2.17 bits per heavy atom. The third-order valence-corrected chi connectivity index (χ3v) is 3.30. The maximum atomic E-state index is 11.7. The zero-order chi connectivity index (χ0) is 13.4. The molecule has 0 aliphatic carbocycles. The van der Waals surface area contributed by atoms with Gasteiger partial charge in [-0.2, -0.15) is 0 Å². The second-order valence-corrected chi connectivity index (χ2v) is 6.07. The summed E-state index contributed by atoms with van der Waals surface area (Å²) in [4.78, 5) is 11.7. The molecule has 1 aromatic rings. The Balaban J connectivity index is 2.05. The summed E-state index contributed by atoms with van der Waals surface area (Å²) in [6, 6.07) is 10.6. The lowest BCUT2D eigenvalue weighted by Gasteiger charge is -2.16. The molecule has 1 heteroatoms. The molecule has 0 bridgehead atoms. The molecule has 0 atom stereocenters. The van der Waals surface area contributed by atoms with E-state index in [1.165, 1.54) is 24.8 Å².